The van der Waals surface area contributed by atoms with Gasteiger partial charge in [-0.15, -0.1) is 0 Å². The first-order valence-corrected chi connectivity index (χ1v) is 10.5. The number of nitrogens with one attached hydrogen (secondary N) is 1. The van der Waals surface area contributed by atoms with Gasteiger partial charge in [-0.25, -0.2) is 15.0 Å². The van der Waals surface area contributed by atoms with E-state index in [1.807, 2.05) is 36.4 Å². The largest absolute Gasteiger partial charge is 0.379 e. The van der Waals surface area contributed by atoms with E-state index in [4.69, 9.17) is 4.74 Å². The van der Waals surface area contributed by atoms with Crippen molar-refractivity contribution in [1.29, 1.82) is 0 Å². The third-order valence-electron chi connectivity index (χ3n) is 5.17. The number of nitrogens with zero attached hydrogens (tertiary/aromatic N) is 6. The van der Waals surface area contributed by atoms with Gasteiger partial charge >= 0.3 is 5.69 Å². The van der Waals surface area contributed by atoms with Crippen molar-refractivity contribution in [2.45, 2.75) is 6.54 Å². The molecule has 3 aromatic rings. The minimum absolute atomic E-state index is 0.170. The predicted octanol–water partition coefficient (Wildman–Crippen LogP) is 2.86. The van der Waals surface area contributed by atoms with E-state index in [2.05, 4.69) is 25.2 Å². The molecule has 1 aromatic carbocycles. The van der Waals surface area contributed by atoms with E-state index in [0.29, 0.717) is 32.1 Å². The maximum Gasteiger partial charge on any atom is 0.353 e. The van der Waals surface area contributed by atoms with Crippen molar-refractivity contribution >= 4 is 23.1 Å². The lowest BCUT2D eigenvalue weighted by Crippen LogP contribution is -2.39. The summed E-state index contributed by atoms with van der Waals surface area (Å²) in [4.78, 5) is 28.5. The molecule has 0 spiro atoms. The summed E-state index contributed by atoms with van der Waals surface area (Å²) in [5.74, 6) is 0.959. The first-order valence-electron chi connectivity index (χ1n) is 10.5. The summed E-state index contributed by atoms with van der Waals surface area (Å²) in [7, 11) is 0. The second-order valence-electron chi connectivity index (χ2n) is 7.29. The molecule has 10 heteroatoms. The van der Waals surface area contributed by atoms with Gasteiger partial charge in [-0.05, 0) is 17.7 Å². The zero-order valence-corrected chi connectivity index (χ0v) is 17.6. The van der Waals surface area contributed by atoms with Crippen LogP contribution in [-0.2, 0) is 11.3 Å². The molecule has 32 heavy (non-hydrogen) atoms. The average molecular weight is 435 g/mol. The second-order valence-corrected chi connectivity index (χ2v) is 7.29. The van der Waals surface area contributed by atoms with Crippen molar-refractivity contribution in [3.05, 3.63) is 76.7 Å². The van der Waals surface area contributed by atoms with E-state index in [0.717, 1.165) is 25.2 Å². The molecule has 0 radical (unpaired) electrons. The summed E-state index contributed by atoms with van der Waals surface area (Å²) in [6.45, 7) is 4.76. The van der Waals surface area contributed by atoms with E-state index in [9.17, 15) is 10.1 Å². The van der Waals surface area contributed by atoms with Gasteiger partial charge in [-0.1, -0.05) is 36.4 Å². The molecule has 3 heterocycles. The Morgan fingerprint density at radius 1 is 1.06 bits per heavy atom. The first kappa shape index (κ1) is 21.6. The summed E-state index contributed by atoms with van der Waals surface area (Å²) >= 11 is 0. The number of nitro groups is 1. The van der Waals surface area contributed by atoms with Crippen LogP contribution >= 0.6 is 0 Å². The first-order chi connectivity index (χ1) is 15.7. The quantitative estimate of drug-likeness (QED) is 0.401. The van der Waals surface area contributed by atoms with Gasteiger partial charge in [0.15, 0.2) is 0 Å². The number of hydrogen-bond acceptors (Lipinski definition) is 9. The Hall–Kier alpha value is -3.63. The fraction of sp³-hybridized carbons (Fsp3) is 0.318. The van der Waals surface area contributed by atoms with Gasteiger partial charge in [0.25, 0.3) is 0 Å². The fourth-order valence-corrected chi connectivity index (χ4v) is 3.57. The summed E-state index contributed by atoms with van der Waals surface area (Å²) in [5, 5.41) is 15.2. The number of ether oxygens (including phenoxy) is 1. The Bertz CT molecular complexity index is 1010. The number of hydrogen-bond donors (Lipinski definition) is 1. The number of pyridine rings is 1. The predicted molar refractivity (Wildman–Crippen MR) is 121 cm³/mol. The summed E-state index contributed by atoms with van der Waals surface area (Å²) in [6.07, 6.45) is 3.00. The van der Waals surface area contributed by atoms with E-state index < -0.39 is 4.92 Å². The van der Waals surface area contributed by atoms with Crippen molar-refractivity contribution in [3.63, 3.8) is 0 Å². The van der Waals surface area contributed by atoms with Gasteiger partial charge in [0.05, 0.1) is 24.7 Å². The molecule has 1 fully saturated rings. The lowest BCUT2D eigenvalue weighted by molar-refractivity contribution is -0.383. The van der Waals surface area contributed by atoms with E-state index in [1.54, 1.807) is 23.2 Å². The van der Waals surface area contributed by atoms with Gasteiger partial charge < -0.3 is 15.0 Å². The topological polar surface area (TPSA) is 110 Å². The zero-order valence-electron chi connectivity index (χ0n) is 17.6. The Morgan fingerprint density at radius 3 is 2.56 bits per heavy atom. The van der Waals surface area contributed by atoms with E-state index in [-0.39, 0.29) is 17.3 Å². The molecular formula is C22H25N7O3. The Balaban J connectivity index is 1.62. The Labute approximate surface area is 186 Å². The molecule has 0 atom stereocenters. The van der Waals surface area contributed by atoms with Crippen LogP contribution in [0.5, 0.6) is 0 Å². The molecule has 0 aliphatic carbocycles. The minimum atomic E-state index is -0.437. The number of rotatable bonds is 9. The third kappa shape index (κ3) is 5.34. The highest BCUT2D eigenvalue weighted by molar-refractivity contribution is 5.74. The number of anilines is 3. The molecule has 1 saturated heterocycles. The lowest BCUT2D eigenvalue weighted by atomic mass is 10.2. The van der Waals surface area contributed by atoms with Crippen molar-refractivity contribution in [2.75, 3.05) is 49.6 Å². The van der Waals surface area contributed by atoms with Crippen LogP contribution in [0, 0.1) is 10.1 Å². The monoisotopic (exact) mass is 435 g/mol. The SMILES string of the molecule is O=[N+]([O-])c1c(NCCN2CCOCC2)ncnc1N(Cc1ccccc1)c1ccccn1. The third-order valence-corrected chi connectivity index (χ3v) is 5.17. The molecule has 0 bridgehead atoms. The van der Waals surface area contributed by atoms with Crippen molar-refractivity contribution in [2.24, 2.45) is 0 Å². The van der Waals surface area contributed by atoms with Crippen molar-refractivity contribution < 1.29 is 9.66 Å². The maximum atomic E-state index is 12.1. The molecule has 1 N–H and O–H groups in total. The smallest absolute Gasteiger partial charge is 0.353 e. The zero-order chi connectivity index (χ0) is 22.2. The van der Waals surface area contributed by atoms with Gasteiger partial charge in [0.1, 0.15) is 12.1 Å². The highest BCUT2D eigenvalue weighted by atomic mass is 16.6. The van der Waals surface area contributed by atoms with Crippen molar-refractivity contribution in [1.82, 2.24) is 19.9 Å². The molecule has 0 saturated carbocycles. The molecule has 1 aliphatic rings. The van der Waals surface area contributed by atoms with Crippen LogP contribution in [0.1, 0.15) is 5.56 Å². The number of aromatic nitrogens is 3. The molecule has 4 rings (SSSR count). The number of morpholine rings is 1. The van der Waals surface area contributed by atoms with E-state index >= 15 is 0 Å². The molecular weight excluding hydrogens is 410 g/mol. The molecule has 2 aromatic heterocycles. The van der Waals surface area contributed by atoms with Crippen LogP contribution in [0.4, 0.5) is 23.1 Å². The van der Waals surface area contributed by atoms with Crippen LogP contribution in [0.2, 0.25) is 0 Å². The van der Waals surface area contributed by atoms with Gasteiger partial charge in [-0.2, -0.15) is 0 Å². The average Bonchev–Trinajstić information content (AvgIpc) is 2.84. The molecule has 10 nitrogen and oxygen atoms in total. The highest BCUT2D eigenvalue weighted by Crippen LogP contribution is 2.36. The maximum absolute atomic E-state index is 12.1. The van der Waals surface area contributed by atoms with Crippen LogP contribution in [0.25, 0.3) is 0 Å². The van der Waals surface area contributed by atoms with E-state index in [1.165, 1.54) is 6.33 Å². The Kier molecular flexibility index (Phi) is 7.15. The van der Waals surface area contributed by atoms with Crippen molar-refractivity contribution in [3.8, 4) is 0 Å². The summed E-state index contributed by atoms with van der Waals surface area (Å²) in [6, 6.07) is 15.2. The second kappa shape index (κ2) is 10.6. The standard InChI is InChI=1S/C22H25N7O3/c30-29(31)20-21(24-10-11-27-12-14-32-15-13-27)25-17-26-22(20)28(19-8-4-5-9-23-19)16-18-6-2-1-3-7-18/h1-9,17H,10-16H2,(H,24,25,26). The molecule has 1 aliphatic heterocycles. The van der Waals surface area contributed by atoms with Crippen LogP contribution in [-0.4, -0.2) is 64.2 Å². The highest BCUT2D eigenvalue weighted by Gasteiger charge is 2.28. The number of benzene rings is 1. The van der Waals surface area contributed by atoms with Crippen LogP contribution < -0.4 is 10.2 Å². The van der Waals surface area contributed by atoms with Gasteiger partial charge in [-0.3, -0.25) is 15.0 Å². The summed E-state index contributed by atoms with van der Waals surface area (Å²) in [5.41, 5.74) is 0.809. The van der Waals surface area contributed by atoms with Gasteiger partial charge in [0, 0.05) is 32.4 Å². The molecule has 0 unspecified atom stereocenters. The lowest BCUT2D eigenvalue weighted by Gasteiger charge is -2.26. The minimum Gasteiger partial charge on any atom is -0.379 e. The molecule has 166 valence electrons. The molecule has 0 amide bonds. The normalized spacial score (nSPS) is 14.1. The van der Waals surface area contributed by atoms with Crippen LogP contribution in [0.3, 0.4) is 0 Å². The fourth-order valence-electron chi connectivity index (χ4n) is 3.57. The summed E-state index contributed by atoms with van der Waals surface area (Å²) < 4.78 is 5.36. The van der Waals surface area contributed by atoms with Gasteiger partial charge in [0.2, 0.25) is 11.6 Å². The Morgan fingerprint density at radius 2 is 1.84 bits per heavy atom. The van der Waals surface area contributed by atoms with Crippen LogP contribution in [0.15, 0.2) is 61.1 Å².